The molecule has 0 spiro atoms. The summed E-state index contributed by atoms with van der Waals surface area (Å²) in [6.45, 7) is 2.51. The van der Waals surface area contributed by atoms with Gasteiger partial charge in [0.1, 0.15) is 11.8 Å². The largest absolute Gasteiger partial charge is 0.495 e. The quantitative estimate of drug-likeness (QED) is 0.878. The van der Waals surface area contributed by atoms with Crippen molar-refractivity contribution in [3.05, 3.63) is 41.7 Å². The summed E-state index contributed by atoms with van der Waals surface area (Å²) < 4.78 is 6.82. The SMILES string of the molecule is COc1ccc(CN2CCC(O)(Cn3ccnn3)C2)cc1C#N. The summed E-state index contributed by atoms with van der Waals surface area (Å²) in [5.41, 5.74) is 0.771. The predicted molar refractivity (Wildman–Crippen MR) is 82.6 cm³/mol. The Morgan fingerprint density at radius 3 is 3.04 bits per heavy atom. The van der Waals surface area contributed by atoms with E-state index >= 15 is 0 Å². The van der Waals surface area contributed by atoms with Crippen molar-refractivity contribution >= 4 is 0 Å². The molecule has 2 aromatic rings. The van der Waals surface area contributed by atoms with Gasteiger partial charge in [0.2, 0.25) is 0 Å². The second-order valence-electron chi connectivity index (χ2n) is 5.93. The molecule has 7 nitrogen and oxygen atoms in total. The van der Waals surface area contributed by atoms with E-state index in [1.54, 1.807) is 24.2 Å². The average Bonchev–Trinajstić information content (AvgIpc) is 3.17. The molecule has 1 fully saturated rings. The molecule has 23 heavy (non-hydrogen) atoms. The van der Waals surface area contributed by atoms with E-state index < -0.39 is 5.60 Å². The summed E-state index contributed by atoms with van der Waals surface area (Å²) in [5.74, 6) is 0.584. The fourth-order valence-electron chi connectivity index (χ4n) is 3.02. The minimum atomic E-state index is -0.793. The molecule has 1 aliphatic heterocycles. The monoisotopic (exact) mass is 313 g/mol. The number of β-amino-alcohol motifs (C(OH)–C–C–N with tert-alkyl or cyclic N) is 1. The van der Waals surface area contributed by atoms with E-state index in [0.29, 0.717) is 37.4 Å². The van der Waals surface area contributed by atoms with Crippen molar-refractivity contribution in [2.75, 3.05) is 20.2 Å². The molecule has 120 valence electrons. The fraction of sp³-hybridized carbons (Fsp3) is 0.438. The van der Waals surface area contributed by atoms with E-state index in [9.17, 15) is 5.11 Å². The van der Waals surface area contributed by atoms with Gasteiger partial charge in [0.05, 0.1) is 31.0 Å². The van der Waals surface area contributed by atoms with E-state index in [2.05, 4.69) is 21.3 Å². The number of ether oxygens (including phenoxy) is 1. The van der Waals surface area contributed by atoms with Crippen LogP contribution in [0.2, 0.25) is 0 Å². The lowest BCUT2D eigenvalue weighted by Gasteiger charge is -2.23. The third-order valence-electron chi connectivity index (χ3n) is 4.13. The van der Waals surface area contributed by atoms with Gasteiger partial charge in [0.15, 0.2) is 0 Å². The summed E-state index contributed by atoms with van der Waals surface area (Å²) in [6.07, 6.45) is 4.05. The molecule has 1 atom stereocenters. The number of likely N-dealkylation sites (tertiary alicyclic amines) is 1. The molecule has 0 radical (unpaired) electrons. The van der Waals surface area contributed by atoms with Crippen LogP contribution in [0.5, 0.6) is 5.75 Å². The maximum Gasteiger partial charge on any atom is 0.136 e. The van der Waals surface area contributed by atoms with Gasteiger partial charge < -0.3 is 9.84 Å². The summed E-state index contributed by atoms with van der Waals surface area (Å²) >= 11 is 0. The molecule has 1 aromatic heterocycles. The van der Waals surface area contributed by atoms with Crippen LogP contribution >= 0.6 is 0 Å². The number of hydrogen-bond donors (Lipinski definition) is 1. The summed E-state index contributed by atoms with van der Waals surface area (Å²) in [7, 11) is 1.56. The molecule has 7 heteroatoms. The van der Waals surface area contributed by atoms with Gasteiger partial charge in [-0.3, -0.25) is 4.90 Å². The highest BCUT2D eigenvalue weighted by atomic mass is 16.5. The van der Waals surface area contributed by atoms with Crippen LogP contribution in [0.25, 0.3) is 0 Å². The fourth-order valence-corrected chi connectivity index (χ4v) is 3.02. The Bertz CT molecular complexity index is 710. The maximum atomic E-state index is 10.7. The van der Waals surface area contributed by atoms with E-state index in [-0.39, 0.29) is 0 Å². The smallest absolute Gasteiger partial charge is 0.136 e. The second-order valence-corrected chi connectivity index (χ2v) is 5.93. The van der Waals surface area contributed by atoms with Crippen LogP contribution in [0.4, 0.5) is 0 Å². The van der Waals surface area contributed by atoms with Crippen LogP contribution in [0.1, 0.15) is 17.5 Å². The number of hydrogen-bond acceptors (Lipinski definition) is 6. The molecule has 1 aromatic carbocycles. The first-order valence-electron chi connectivity index (χ1n) is 7.48. The van der Waals surface area contributed by atoms with Crippen LogP contribution in [-0.4, -0.2) is 50.8 Å². The van der Waals surface area contributed by atoms with Crippen LogP contribution in [0, 0.1) is 11.3 Å². The number of aliphatic hydroxyl groups is 1. The molecule has 2 heterocycles. The normalized spacial score (nSPS) is 21.3. The molecule has 0 amide bonds. The molecule has 3 rings (SSSR count). The van der Waals surface area contributed by atoms with Crippen LogP contribution in [-0.2, 0) is 13.1 Å². The average molecular weight is 313 g/mol. The standard InChI is InChI=1S/C16H19N5O2/c1-23-15-3-2-13(8-14(15)9-17)10-20-6-4-16(22,11-20)12-21-7-5-18-19-21/h2-3,5,7-8,22H,4,6,10-12H2,1H3. The van der Waals surface area contributed by atoms with Gasteiger partial charge in [-0.2, -0.15) is 5.26 Å². The highest BCUT2D eigenvalue weighted by molar-refractivity contribution is 5.45. The Morgan fingerprint density at radius 2 is 2.35 bits per heavy atom. The highest BCUT2D eigenvalue weighted by Gasteiger charge is 2.36. The van der Waals surface area contributed by atoms with E-state index in [1.807, 2.05) is 18.2 Å². The van der Waals surface area contributed by atoms with Crippen molar-refractivity contribution in [1.29, 1.82) is 5.26 Å². The molecule has 1 saturated heterocycles. The Balaban J connectivity index is 1.65. The van der Waals surface area contributed by atoms with Crippen molar-refractivity contribution in [1.82, 2.24) is 19.9 Å². The van der Waals surface area contributed by atoms with Crippen molar-refractivity contribution in [2.45, 2.75) is 25.1 Å². The van der Waals surface area contributed by atoms with Gasteiger partial charge in [-0.05, 0) is 24.1 Å². The zero-order valence-corrected chi connectivity index (χ0v) is 13.0. The molecule has 0 aliphatic carbocycles. The number of nitrogens with zero attached hydrogens (tertiary/aromatic N) is 5. The van der Waals surface area contributed by atoms with Crippen LogP contribution < -0.4 is 4.74 Å². The van der Waals surface area contributed by atoms with E-state index in [0.717, 1.165) is 12.1 Å². The third-order valence-corrected chi connectivity index (χ3v) is 4.13. The first-order valence-corrected chi connectivity index (χ1v) is 7.48. The molecular formula is C16H19N5O2. The minimum Gasteiger partial charge on any atom is -0.495 e. The summed E-state index contributed by atoms with van der Waals surface area (Å²) in [4.78, 5) is 2.18. The van der Waals surface area contributed by atoms with Crippen molar-refractivity contribution in [2.24, 2.45) is 0 Å². The van der Waals surface area contributed by atoms with Gasteiger partial charge in [-0.1, -0.05) is 11.3 Å². The first-order chi connectivity index (χ1) is 11.1. The topological polar surface area (TPSA) is 87.2 Å². The lowest BCUT2D eigenvalue weighted by atomic mass is 10.0. The third kappa shape index (κ3) is 3.50. The van der Waals surface area contributed by atoms with Gasteiger partial charge in [0, 0.05) is 25.8 Å². The van der Waals surface area contributed by atoms with Crippen LogP contribution in [0.3, 0.4) is 0 Å². The van der Waals surface area contributed by atoms with E-state index in [4.69, 9.17) is 10.00 Å². The van der Waals surface area contributed by atoms with Gasteiger partial charge >= 0.3 is 0 Å². The Labute approximate surface area is 134 Å². The molecular weight excluding hydrogens is 294 g/mol. The summed E-state index contributed by atoms with van der Waals surface area (Å²) in [6, 6.07) is 7.75. The predicted octanol–water partition coefficient (Wildman–Crippen LogP) is 0.795. The molecule has 0 bridgehead atoms. The van der Waals surface area contributed by atoms with Crippen molar-refractivity contribution in [3.63, 3.8) is 0 Å². The zero-order valence-electron chi connectivity index (χ0n) is 13.0. The number of nitriles is 1. The van der Waals surface area contributed by atoms with Gasteiger partial charge in [-0.25, -0.2) is 4.68 Å². The van der Waals surface area contributed by atoms with Crippen molar-refractivity contribution < 1.29 is 9.84 Å². The zero-order chi connectivity index (χ0) is 16.3. The number of rotatable bonds is 5. The maximum absolute atomic E-state index is 10.7. The highest BCUT2D eigenvalue weighted by Crippen LogP contribution is 2.26. The van der Waals surface area contributed by atoms with Crippen LogP contribution in [0.15, 0.2) is 30.6 Å². The number of benzene rings is 1. The Kier molecular flexibility index (Phi) is 4.28. The van der Waals surface area contributed by atoms with Gasteiger partial charge in [-0.15, -0.1) is 5.10 Å². The van der Waals surface area contributed by atoms with Crippen molar-refractivity contribution in [3.8, 4) is 11.8 Å². The number of methoxy groups -OCH3 is 1. The minimum absolute atomic E-state index is 0.440. The lowest BCUT2D eigenvalue weighted by molar-refractivity contribution is 0.0274. The molecule has 0 saturated carbocycles. The molecule has 1 N–H and O–H groups in total. The first kappa shape index (κ1) is 15.5. The molecule has 1 unspecified atom stereocenters. The van der Waals surface area contributed by atoms with Gasteiger partial charge in [0.25, 0.3) is 0 Å². The Hall–Kier alpha value is -2.43. The summed E-state index contributed by atoms with van der Waals surface area (Å²) in [5, 5.41) is 27.5. The second kappa shape index (κ2) is 6.36. The Morgan fingerprint density at radius 1 is 1.48 bits per heavy atom. The number of aromatic nitrogens is 3. The lowest BCUT2D eigenvalue weighted by Crippen LogP contribution is -2.37. The van der Waals surface area contributed by atoms with E-state index in [1.165, 1.54) is 0 Å². The molecule has 1 aliphatic rings.